The van der Waals surface area contributed by atoms with Gasteiger partial charge < -0.3 is 9.84 Å². The van der Waals surface area contributed by atoms with E-state index >= 15 is 0 Å². The van der Waals surface area contributed by atoms with E-state index in [0.717, 1.165) is 5.56 Å². The molecule has 1 rings (SSSR count). The zero-order valence-corrected chi connectivity index (χ0v) is 12.0. The van der Waals surface area contributed by atoms with Crippen molar-refractivity contribution in [3.05, 3.63) is 45.6 Å². The van der Waals surface area contributed by atoms with Gasteiger partial charge in [0.05, 0.1) is 12.2 Å². The molecule has 4 heteroatoms. The van der Waals surface area contributed by atoms with Crippen molar-refractivity contribution in [3.63, 3.8) is 0 Å². The molecule has 3 nitrogen and oxygen atoms in total. The van der Waals surface area contributed by atoms with Crippen molar-refractivity contribution >= 4 is 28.6 Å². The normalized spacial score (nSPS) is 12.3. The lowest BCUT2D eigenvalue weighted by molar-refractivity contribution is -0.139. The minimum Gasteiger partial charge on any atom is -0.463 e. The third-order valence-electron chi connectivity index (χ3n) is 2.05. The molecule has 1 aromatic carbocycles. The van der Waals surface area contributed by atoms with Gasteiger partial charge in [0.25, 0.3) is 0 Å². The molecule has 1 N–H and O–H groups in total. The molecule has 0 fully saturated rings. The summed E-state index contributed by atoms with van der Waals surface area (Å²) < 4.78 is 6.31. The third kappa shape index (κ3) is 4.51. The van der Waals surface area contributed by atoms with E-state index in [-0.39, 0.29) is 12.2 Å². The fraction of sp³-hybridized carbons (Fsp3) is 0.214. The molecule has 18 heavy (non-hydrogen) atoms. The van der Waals surface area contributed by atoms with Crippen LogP contribution in [0.1, 0.15) is 12.5 Å². The van der Waals surface area contributed by atoms with Gasteiger partial charge in [-0.05, 0) is 23.1 Å². The molecule has 1 aromatic rings. The van der Waals surface area contributed by atoms with Crippen LogP contribution in [0.2, 0.25) is 0 Å². The van der Waals surface area contributed by atoms with Crippen LogP contribution in [0.5, 0.6) is 0 Å². The Bertz CT molecular complexity index is 483. The maximum Gasteiger partial charge on any atom is 0.338 e. The second-order valence-corrected chi connectivity index (χ2v) is 3.95. The first-order valence-electron chi connectivity index (χ1n) is 5.41. The first-order chi connectivity index (χ1) is 8.69. The molecule has 0 aliphatic heterocycles. The highest BCUT2D eigenvalue weighted by atomic mass is 127. The van der Waals surface area contributed by atoms with Gasteiger partial charge in [-0.3, -0.25) is 0 Å². The van der Waals surface area contributed by atoms with Crippen LogP contribution in [0.3, 0.4) is 0 Å². The first kappa shape index (κ1) is 14.7. The Morgan fingerprint density at radius 3 is 2.72 bits per heavy atom. The number of rotatable bonds is 3. The van der Waals surface area contributed by atoms with Gasteiger partial charge >= 0.3 is 5.97 Å². The van der Waals surface area contributed by atoms with Crippen molar-refractivity contribution in [1.82, 2.24) is 0 Å². The molecule has 0 spiro atoms. The van der Waals surface area contributed by atoms with Crippen molar-refractivity contribution in [3.8, 4) is 11.8 Å². The van der Waals surface area contributed by atoms with Crippen LogP contribution in [0.4, 0.5) is 0 Å². The average Bonchev–Trinajstić information content (AvgIpc) is 2.39. The number of hydrogen-bond donors (Lipinski definition) is 1. The standard InChI is InChI=1S/C14H13IO3/c1-2-18-14(17)12(10-15)13(16)9-8-11-6-4-3-5-7-11/h3-7,10,13,16H,2H2,1H3/b12-10-. The molecule has 0 saturated heterocycles. The molecule has 0 aromatic heterocycles. The number of aliphatic hydroxyl groups is 1. The summed E-state index contributed by atoms with van der Waals surface area (Å²) in [6.45, 7) is 1.98. The van der Waals surface area contributed by atoms with E-state index in [1.54, 1.807) is 6.92 Å². The van der Waals surface area contributed by atoms with E-state index in [1.165, 1.54) is 4.08 Å². The van der Waals surface area contributed by atoms with Gasteiger partial charge in [0.15, 0.2) is 0 Å². The van der Waals surface area contributed by atoms with Gasteiger partial charge in [-0.1, -0.05) is 52.6 Å². The summed E-state index contributed by atoms with van der Waals surface area (Å²) in [5.41, 5.74) is 0.939. The number of halogens is 1. The molecule has 0 aliphatic carbocycles. The van der Waals surface area contributed by atoms with E-state index in [1.807, 2.05) is 52.9 Å². The summed E-state index contributed by atoms with van der Waals surface area (Å²) in [6.07, 6.45) is -1.14. The van der Waals surface area contributed by atoms with Gasteiger partial charge in [0, 0.05) is 5.56 Å². The second kappa shape index (κ2) is 7.90. The number of hydrogen-bond acceptors (Lipinski definition) is 3. The Morgan fingerprint density at radius 1 is 1.50 bits per heavy atom. The van der Waals surface area contributed by atoms with Gasteiger partial charge in [-0.2, -0.15) is 0 Å². The summed E-state index contributed by atoms with van der Waals surface area (Å²) in [5.74, 6) is 4.89. The van der Waals surface area contributed by atoms with Crippen molar-refractivity contribution in [2.24, 2.45) is 0 Å². The van der Waals surface area contributed by atoms with E-state index in [2.05, 4.69) is 11.8 Å². The van der Waals surface area contributed by atoms with E-state index in [4.69, 9.17) is 4.74 Å². The average molecular weight is 356 g/mol. The maximum atomic E-state index is 11.5. The SMILES string of the molecule is CCOC(=O)/C(=C\I)C(O)C#Cc1ccccc1. The monoisotopic (exact) mass is 356 g/mol. The Morgan fingerprint density at radius 2 is 2.17 bits per heavy atom. The molecule has 0 bridgehead atoms. The van der Waals surface area contributed by atoms with Crippen LogP contribution in [0.15, 0.2) is 40.0 Å². The fourth-order valence-corrected chi connectivity index (χ4v) is 1.78. The molecule has 0 heterocycles. The predicted molar refractivity (Wildman–Crippen MR) is 78.1 cm³/mol. The molecule has 94 valence electrons. The molecular formula is C14H13IO3. The quantitative estimate of drug-likeness (QED) is 0.391. The summed E-state index contributed by atoms with van der Waals surface area (Å²) >= 11 is 1.88. The largest absolute Gasteiger partial charge is 0.463 e. The van der Waals surface area contributed by atoms with Gasteiger partial charge in [0.2, 0.25) is 0 Å². The number of benzene rings is 1. The van der Waals surface area contributed by atoms with Gasteiger partial charge in [0.1, 0.15) is 6.10 Å². The van der Waals surface area contributed by atoms with Crippen LogP contribution in [-0.4, -0.2) is 23.8 Å². The molecular weight excluding hydrogens is 343 g/mol. The maximum absolute atomic E-state index is 11.5. The lowest BCUT2D eigenvalue weighted by atomic mass is 10.1. The minimum absolute atomic E-state index is 0.154. The predicted octanol–water partition coefficient (Wildman–Crippen LogP) is 2.28. The smallest absolute Gasteiger partial charge is 0.338 e. The van der Waals surface area contributed by atoms with E-state index in [9.17, 15) is 9.90 Å². The van der Waals surface area contributed by atoms with E-state index in [0.29, 0.717) is 0 Å². The van der Waals surface area contributed by atoms with Crippen LogP contribution in [0.25, 0.3) is 0 Å². The van der Waals surface area contributed by atoms with Crippen LogP contribution < -0.4 is 0 Å². The number of esters is 1. The Kier molecular flexibility index (Phi) is 6.47. The molecule has 1 atom stereocenters. The van der Waals surface area contributed by atoms with Crippen LogP contribution >= 0.6 is 22.6 Å². The Balaban J connectivity index is 2.79. The highest BCUT2D eigenvalue weighted by molar-refractivity contribution is 14.1. The van der Waals surface area contributed by atoms with Gasteiger partial charge in [-0.15, -0.1) is 0 Å². The Hall–Kier alpha value is -1.32. The highest BCUT2D eigenvalue weighted by Gasteiger charge is 2.17. The van der Waals surface area contributed by atoms with Crippen molar-refractivity contribution in [2.75, 3.05) is 6.61 Å². The summed E-state index contributed by atoms with van der Waals surface area (Å²) in [7, 11) is 0. The molecule has 0 aliphatic rings. The number of carbonyl (C=O) groups excluding carboxylic acids is 1. The third-order valence-corrected chi connectivity index (χ3v) is 2.72. The minimum atomic E-state index is -1.14. The molecule has 0 saturated carbocycles. The zero-order valence-electron chi connectivity index (χ0n) is 9.89. The Labute approximate surface area is 120 Å². The lowest BCUT2D eigenvalue weighted by Crippen LogP contribution is -2.18. The van der Waals surface area contributed by atoms with Crippen LogP contribution in [0, 0.1) is 11.8 Å². The lowest BCUT2D eigenvalue weighted by Gasteiger charge is -2.07. The van der Waals surface area contributed by atoms with Crippen molar-refractivity contribution in [2.45, 2.75) is 13.0 Å². The summed E-state index contributed by atoms with van der Waals surface area (Å²) in [5, 5.41) is 9.82. The summed E-state index contributed by atoms with van der Waals surface area (Å²) in [6, 6.07) is 9.26. The van der Waals surface area contributed by atoms with Crippen LogP contribution in [-0.2, 0) is 9.53 Å². The number of ether oxygens (including phenoxy) is 1. The topological polar surface area (TPSA) is 46.5 Å². The molecule has 0 amide bonds. The highest BCUT2D eigenvalue weighted by Crippen LogP contribution is 2.08. The second-order valence-electron chi connectivity index (χ2n) is 3.32. The van der Waals surface area contributed by atoms with Crippen molar-refractivity contribution < 1.29 is 14.6 Å². The zero-order chi connectivity index (χ0) is 13.4. The fourth-order valence-electron chi connectivity index (χ4n) is 1.18. The molecule has 0 radical (unpaired) electrons. The summed E-state index contributed by atoms with van der Waals surface area (Å²) in [4.78, 5) is 11.5. The first-order valence-corrected chi connectivity index (χ1v) is 6.65. The number of carbonyl (C=O) groups is 1. The number of aliphatic hydroxyl groups excluding tert-OH is 1. The van der Waals surface area contributed by atoms with Gasteiger partial charge in [-0.25, -0.2) is 4.79 Å². The molecule has 1 unspecified atom stereocenters. The van der Waals surface area contributed by atoms with E-state index < -0.39 is 12.1 Å². The van der Waals surface area contributed by atoms with Crippen molar-refractivity contribution in [1.29, 1.82) is 0 Å².